The maximum absolute atomic E-state index is 11.8. The van der Waals surface area contributed by atoms with Gasteiger partial charge in [0.05, 0.1) is 18.9 Å². The van der Waals surface area contributed by atoms with Crippen molar-refractivity contribution >= 4 is 11.9 Å². The molecule has 114 valence electrons. The molecule has 1 aliphatic carbocycles. The van der Waals surface area contributed by atoms with E-state index >= 15 is 0 Å². The maximum Gasteiger partial charge on any atom is 0.306 e. The second-order valence-electron chi connectivity index (χ2n) is 5.38. The fourth-order valence-corrected chi connectivity index (χ4v) is 2.62. The molecule has 5 nitrogen and oxygen atoms in total. The van der Waals surface area contributed by atoms with Gasteiger partial charge in [0.25, 0.3) is 0 Å². The molecule has 1 aliphatic rings. The Morgan fingerprint density at radius 2 is 2.00 bits per heavy atom. The maximum atomic E-state index is 11.8. The minimum atomic E-state index is -0.763. The number of para-hydroxylation sites is 1. The summed E-state index contributed by atoms with van der Waals surface area (Å²) in [5.41, 5.74) is 0. The zero-order chi connectivity index (χ0) is 15.1. The van der Waals surface area contributed by atoms with E-state index in [2.05, 4.69) is 5.32 Å². The highest BCUT2D eigenvalue weighted by Crippen LogP contribution is 2.24. The molecule has 5 heteroatoms. The number of carboxylic acids is 1. The number of carboxylic acid groups (broad SMARTS) is 1. The van der Waals surface area contributed by atoms with Gasteiger partial charge in [-0.05, 0) is 31.4 Å². The summed E-state index contributed by atoms with van der Waals surface area (Å²) in [4.78, 5) is 22.8. The molecule has 2 rings (SSSR count). The highest BCUT2D eigenvalue weighted by atomic mass is 16.5. The average molecular weight is 291 g/mol. The van der Waals surface area contributed by atoms with Crippen LogP contribution in [0.2, 0.25) is 0 Å². The van der Waals surface area contributed by atoms with E-state index in [0.717, 1.165) is 18.6 Å². The van der Waals surface area contributed by atoms with E-state index in [1.807, 2.05) is 30.3 Å². The van der Waals surface area contributed by atoms with E-state index in [0.29, 0.717) is 19.4 Å². The molecule has 1 fully saturated rings. The monoisotopic (exact) mass is 291 g/mol. The summed E-state index contributed by atoms with van der Waals surface area (Å²) in [7, 11) is 0. The third-order valence-corrected chi connectivity index (χ3v) is 3.73. The van der Waals surface area contributed by atoms with E-state index in [1.165, 1.54) is 0 Å². The lowest BCUT2D eigenvalue weighted by Crippen LogP contribution is -2.40. The molecule has 2 unspecified atom stereocenters. The van der Waals surface area contributed by atoms with Gasteiger partial charge in [-0.1, -0.05) is 24.6 Å². The van der Waals surface area contributed by atoms with Crippen LogP contribution in [0.25, 0.3) is 0 Å². The zero-order valence-corrected chi connectivity index (χ0v) is 12.0. The molecule has 1 saturated carbocycles. The average Bonchev–Trinajstić information content (AvgIpc) is 2.48. The summed E-state index contributed by atoms with van der Waals surface area (Å²) in [5, 5.41) is 11.9. The number of carbonyl (C=O) groups is 2. The quantitative estimate of drug-likeness (QED) is 0.842. The molecule has 0 spiro atoms. The Morgan fingerprint density at radius 3 is 2.71 bits per heavy atom. The molecular weight excluding hydrogens is 270 g/mol. The molecular formula is C16H21NO4. The van der Waals surface area contributed by atoms with Crippen LogP contribution in [0.5, 0.6) is 5.75 Å². The summed E-state index contributed by atoms with van der Waals surface area (Å²) < 4.78 is 5.47. The van der Waals surface area contributed by atoms with Crippen molar-refractivity contribution in [2.45, 2.75) is 38.1 Å². The van der Waals surface area contributed by atoms with E-state index in [4.69, 9.17) is 9.84 Å². The lowest BCUT2D eigenvalue weighted by Gasteiger charge is -2.27. The molecule has 21 heavy (non-hydrogen) atoms. The molecule has 0 heterocycles. The van der Waals surface area contributed by atoms with Crippen molar-refractivity contribution in [2.24, 2.45) is 5.92 Å². The van der Waals surface area contributed by atoms with Crippen LogP contribution < -0.4 is 10.1 Å². The Morgan fingerprint density at radius 1 is 1.24 bits per heavy atom. The Labute approximate surface area is 124 Å². The first-order chi connectivity index (χ1) is 10.1. The molecule has 0 saturated heterocycles. The van der Waals surface area contributed by atoms with Crippen molar-refractivity contribution in [1.29, 1.82) is 0 Å². The highest BCUT2D eigenvalue weighted by molar-refractivity contribution is 5.76. The number of ether oxygens (including phenoxy) is 1. The van der Waals surface area contributed by atoms with Crippen molar-refractivity contribution in [3.05, 3.63) is 30.3 Å². The van der Waals surface area contributed by atoms with E-state index in [-0.39, 0.29) is 24.3 Å². The topological polar surface area (TPSA) is 75.6 Å². The van der Waals surface area contributed by atoms with Gasteiger partial charge >= 0.3 is 5.97 Å². The first-order valence-corrected chi connectivity index (χ1v) is 7.35. The number of carbonyl (C=O) groups excluding carboxylic acids is 1. The van der Waals surface area contributed by atoms with Crippen LogP contribution in [-0.4, -0.2) is 29.6 Å². The van der Waals surface area contributed by atoms with Crippen LogP contribution in [0.4, 0.5) is 0 Å². The highest BCUT2D eigenvalue weighted by Gasteiger charge is 2.27. The van der Waals surface area contributed by atoms with Crippen molar-refractivity contribution in [1.82, 2.24) is 5.32 Å². The molecule has 1 aromatic carbocycles. The van der Waals surface area contributed by atoms with E-state index < -0.39 is 5.97 Å². The van der Waals surface area contributed by atoms with Gasteiger partial charge in [-0.25, -0.2) is 0 Å². The van der Waals surface area contributed by atoms with E-state index in [1.54, 1.807) is 0 Å². The number of nitrogens with one attached hydrogen (secondary N) is 1. The van der Waals surface area contributed by atoms with Crippen LogP contribution in [0.15, 0.2) is 30.3 Å². The summed E-state index contributed by atoms with van der Waals surface area (Å²) in [6.45, 7) is 0.324. The predicted octanol–water partition coefficient (Wildman–Crippen LogP) is 2.22. The van der Waals surface area contributed by atoms with Gasteiger partial charge in [-0.3, -0.25) is 9.59 Å². The van der Waals surface area contributed by atoms with Gasteiger partial charge in [0, 0.05) is 6.04 Å². The van der Waals surface area contributed by atoms with Gasteiger partial charge in [0.1, 0.15) is 5.75 Å². The molecule has 0 radical (unpaired) electrons. The smallest absolute Gasteiger partial charge is 0.306 e. The van der Waals surface area contributed by atoms with Crippen molar-refractivity contribution < 1.29 is 19.4 Å². The first kappa shape index (κ1) is 15.4. The van der Waals surface area contributed by atoms with Crippen molar-refractivity contribution in [3.8, 4) is 5.75 Å². The van der Waals surface area contributed by atoms with Gasteiger partial charge in [-0.15, -0.1) is 0 Å². The van der Waals surface area contributed by atoms with Gasteiger partial charge in [0.15, 0.2) is 0 Å². The SMILES string of the molecule is O=C(CCOc1ccccc1)NC1CCCC(C(=O)O)C1. The Bertz CT molecular complexity index is 474. The van der Waals surface area contributed by atoms with Crippen LogP contribution >= 0.6 is 0 Å². The molecule has 1 aromatic rings. The molecule has 0 bridgehead atoms. The molecule has 1 amide bonds. The molecule has 2 N–H and O–H groups in total. The Hall–Kier alpha value is -2.04. The Balaban J connectivity index is 1.68. The summed E-state index contributed by atoms with van der Waals surface area (Å²) in [5.74, 6) is -0.429. The third kappa shape index (κ3) is 5.10. The Kier molecular flexibility index (Phi) is 5.60. The first-order valence-electron chi connectivity index (χ1n) is 7.35. The number of hydrogen-bond acceptors (Lipinski definition) is 3. The standard InChI is InChI=1S/C16H21NO4/c18-15(9-10-21-14-7-2-1-3-8-14)17-13-6-4-5-12(11-13)16(19)20/h1-3,7-8,12-13H,4-6,9-11H2,(H,17,18)(H,19,20). The van der Waals surface area contributed by atoms with Crippen LogP contribution in [0.3, 0.4) is 0 Å². The number of hydrogen-bond donors (Lipinski definition) is 2. The summed E-state index contributed by atoms with van der Waals surface area (Å²) >= 11 is 0. The zero-order valence-electron chi connectivity index (χ0n) is 12.0. The lowest BCUT2D eigenvalue weighted by atomic mass is 9.86. The van der Waals surface area contributed by atoms with Crippen LogP contribution in [-0.2, 0) is 9.59 Å². The van der Waals surface area contributed by atoms with Crippen LogP contribution in [0.1, 0.15) is 32.1 Å². The van der Waals surface area contributed by atoms with Crippen molar-refractivity contribution in [2.75, 3.05) is 6.61 Å². The van der Waals surface area contributed by atoms with Crippen molar-refractivity contribution in [3.63, 3.8) is 0 Å². The molecule has 0 aliphatic heterocycles. The summed E-state index contributed by atoms with van der Waals surface area (Å²) in [6.07, 6.45) is 3.22. The fourth-order valence-electron chi connectivity index (χ4n) is 2.62. The molecule has 2 atom stereocenters. The second kappa shape index (κ2) is 7.67. The third-order valence-electron chi connectivity index (χ3n) is 3.73. The minimum absolute atomic E-state index is 0.0240. The largest absolute Gasteiger partial charge is 0.493 e. The minimum Gasteiger partial charge on any atom is -0.493 e. The van der Waals surface area contributed by atoms with Gasteiger partial charge < -0.3 is 15.2 Å². The fraction of sp³-hybridized carbons (Fsp3) is 0.500. The normalized spacial score (nSPS) is 21.5. The molecule has 0 aromatic heterocycles. The number of benzene rings is 1. The van der Waals surface area contributed by atoms with E-state index in [9.17, 15) is 9.59 Å². The number of rotatable bonds is 6. The number of amides is 1. The summed E-state index contributed by atoms with van der Waals surface area (Å²) in [6, 6.07) is 9.32. The second-order valence-corrected chi connectivity index (χ2v) is 5.38. The van der Waals surface area contributed by atoms with Gasteiger partial charge in [-0.2, -0.15) is 0 Å². The number of aliphatic carboxylic acids is 1. The van der Waals surface area contributed by atoms with Crippen LogP contribution in [0, 0.1) is 5.92 Å². The lowest BCUT2D eigenvalue weighted by molar-refractivity contribution is -0.143. The van der Waals surface area contributed by atoms with Gasteiger partial charge in [0.2, 0.25) is 5.91 Å². The predicted molar refractivity (Wildman–Crippen MR) is 78.1 cm³/mol.